The van der Waals surface area contributed by atoms with E-state index in [0.29, 0.717) is 19.3 Å². The second-order valence-electron chi connectivity index (χ2n) is 19.9. The molecule has 6 nitrogen and oxygen atoms in total. The van der Waals surface area contributed by atoms with Crippen LogP contribution < -0.4 is 0 Å². The zero-order valence-corrected chi connectivity index (χ0v) is 45.4. The van der Waals surface area contributed by atoms with Crippen molar-refractivity contribution in [3.05, 3.63) is 48.6 Å². The number of allylic oxidation sites excluding steroid dienone is 8. The third-order valence-corrected chi connectivity index (χ3v) is 13.0. The van der Waals surface area contributed by atoms with Crippen molar-refractivity contribution in [3.8, 4) is 0 Å². The van der Waals surface area contributed by atoms with E-state index < -0.39 is 6.10 Å². The Labute approximate surface area is 422 Å². The van der Waals surface area contributed by atoms with E-state index in [1.165, 1.54) is 199 Å². The number of carbonyl (C=O) groups is 3. The maximum absolute atomic E-state index is 12.9. The van der Waals surface area contributed by atoms with Crippen molar-refractivity contribution in [2.24, 2.45) is 0 Å². The van der Waals surface area contributed by atoms with Gasteiger partial charge in [-0.25, -0.2) is 0 Å². The molecule has 0 bridgehead atoms. The second-order valence-corrected chi connectivity index (χ2v) is 19.9. The van der Waals surface area contributed by atoms with Crippen LogP contribution >= 0.6 is 0 Å². The number of ether oxygens (including phenoxy) is 3. The normalized spacial score (nSPS) is 12.3. The van der Waals surface area contributed by atoms with Gasteiger partial charge >= 0.3 is 17.9 Å². The van der Waals surface area contributed by atoms with E-state index in [9.17, 15) is 14.4 Å². The molecule has 0 aliphatic heterocycles. The summed E-state index contributed by atoms with van der Waals surface area (Å²) in [5, 5.41) is 0. The van der Waals surface area contributed by atoms with Gasteiger partial charge in [0.25, 0.3) is 0 Å². The summed E-state index contributed by atoms with van der Waals surface area (Å²) >= 11 is 0. The van der Waals surface area contributed by atoms with Crippen LogP contribution in [0, 0.1) is 0 Å². The summed E-state index contributed by atoms with van der Waals surface area (Å²) in [6.07, 6.45) is 69.6. The second kappa shape index (κ2) is 57.0. The van der Waals surface area contributed by atoms with Crippen molar-refractivity contribution in [1.82, 2.24) is 0 Å². The average Bonchev–Trinajstić information content (AvgIpc) is 3.34. The Bertz CT molecular complexity index is 1190. The van der Waals surface area contributed by atoms with E-state index in [-0.39, 0.29) is 31.1 Å². The van der Waals surface area contributed by atoms with E-state index in [1.54, 1.807) is 0 Å². The topological polar surface area (TPSA) is 78.9 Å². The first-order valence-corrected chi connectivity index (χ1v) is 29.6. The SMILES string of the molecule is CCCCC/C=C\CCCCCCCC(=O)OCC(COC(=O)CCCCCCCCCCC/C=C\C/C=C\CCCCCCC)OC(=O)CCCCCCCCC/C=C\CCCCCCCC. The summed E-state index contributed by atoms with van der Waals surface area (Å²) < 4.78 is 16.9. The van der Waals surface area contributed by atoms with Crippen molar-refractivity contribution < 1.29 is 28.6 Å². The minimum absolute atomic E-state index is 0.0781. The van der Waals surface area contributed by atoms with Gasteiger partial charge in [-0.1, -0.05) is 236 Å². The first-order chi connectivity index (χ1) is 33.5. The molecule has 0 saturated carbocycles. The van der Waals surface area contributed by atoms with Gasteiger partial charge < -0.3 is 14.2 Å². The van der Waals surface area contributed by atoms with Gasteiger partial charge in [0.05, 0.1) is 0 Å². The molecule has 0 radical (unpaired) electrons. The molecule has 0 aromatic heterocycles. The third-order valence-electron chi connectivity index (χ3n) is 13.0. The monoisotopic (exact) mass is 953 g/mol. The molecule has 0 spiro atoms. The Morgan fingerprint density at radius 3 is 0.853 bits per heavy atom. The number of carbonyl (C=O) groups excluding carboxylic acids is 3. The molecule has 0 heterocycles. The van der Waals surface area contributed by atoms with Gasteiger partial charge in [0.1, 0.15) is 13.2 Å². The number of hydrogen-bond donors (Lipinski definition) is 0. The molecule has 396 valence electrons. The van der Waals surface area contributed by atoms with E-state index in [4.69, 9.17) is 14.2 Å². The van der Waals surface area contributed by atoms with Crippen molar-refractivity contribution in [2.45, 2.75) is 316 Å². The molecule has 1 atom stereocenters. The lowest BCUT2D eigenvalue weighted by Gasteiger charge is -2.18. The minimum atomic E-state index is -0.779. The van der Waals surface area contributed by atoms with Gasteiger partial charge in [-0.15, -0.1) is 0 Å². The predicted octanol–water partition coefficient (Wildman–Crippen LogP) is 19.8. The van der Waals surface area contributed by atoms with Crippen LogP contribution in [0.4, 0.5) is 0 Å². The van der Waals surface area contributed by atoms with Gasteiger partial charge in [0.2, 0.25) is 0 Å². The zero-order chi connectivity index (χ0) is 49.3. The largest absolute Gasteiger partial charge is 0.462 e. The van der Waals surface area contributed by atoms with E-state index in [0.717, 1.165) is 70.6 Å². The Hall–Kier alpha value is -2.63. The fourth-order valence-electron chi connectivity index (χ4n) is 8.52. The van der Waals surface area contributed by atoms with Gasteiger partial charge in [0, 0.05) is 19.3 Å². The number of unbranched alkanes of at least 4 members (excludes halogenated alkanes) is 35. The fraction of sp³-hybridized carbons (Fsp3) is 0.823. The molecule has 0 aliphatic rings. The molecule has 0 N–H and O–H groups in total. The maximum atomic E-state index is 12.9. The first-order valence-electron chi connectivity index (χ1n) is 29.6. The molecule has 68 heavy (non-hydrogen) atoms. The standard InChI is InChI=1S/C62H112O6/c1-4-7-10-13-16-19-22-25-27-29-30-31-32-34-35-37-40-43-46-49-52-55-61(64)67-58-59(57-66-60(63)54-51-48-45-42-39-24-21-18-15-12-9-6-3)68-62(65)56-53-50-47-44-41-38-36-33-28-26-23-20-17-14-11-8-5-2/h18,21-22,25-26,28-30,59H,4-17,19-20,23-24,27,31-58H2,1-3H3/b21-18-,25-22-,28-26-,30-29-. The van der Waals surface area contributed by atoms with Gasteiger partial charge in [0.15, 0.2) is 6.10 Å². The highest BCUT2D eigenvalue weighted by Crippen LogP contribution is 2.16. The molecule has 0 saturated heterocycles. The fourth-order valence-corrected chi connectivity index (χ4v) is 8.52. The van der Waals surface area contributed by atoms with Crippen LogP contribution in [-0.4, -0.2) is 37.2 Å². The smallest absolute Gasteiger partial charge is 0.306 e. The van der Waals surface area contributed by atoms with E-state index in [1.807, 2.05) is 0 Å². The van der Waals surface area contributed by atoms with E-state index in [2.05, 4.69) is 69.4 Å². The molecule has 0 amide bonds. The van der Waals surface area contributed by atoms with Crippen LogP contribution in [0.5, 0.6) is 0 Å². The van der Waals surface area contributed by atoms with Crippen LogP contribution in [0.3, 0.4) is 0 Å². The Morgan fingerprint density at radius 1 is 0.294 bits per heavy atom. The lowest BCUT2D eigenvalue weighted by molar-refractivity contribution is -0.167. The molecule has 0 aromatic rings. The van der Waals surface area contributed by atoms with Crippen LogP contribution in [0.25, 0.3) is 0 Å². The molecule has 0 rings (SSSR count). The lowest BCUT2D eigenvalue weighted by atomic mass is 10.1. The summed E-state index contributed by atoms with van der Waals surface area (Å²) in [7, 11) is 0. The van der Waals surface area contributed by atoms with Gasteiger partial charge in [-0.3, -0.25) is 14.4 Å². The molecule has 0 aromatic carbocycles. The van der Waals surface area contributed by atoms with E-state index >= 15 is 0 Å². The molecule has 0 fully saturated rings. The average molecular weight is 954 g/mol. The van der Waals surface area contributed by atoms with Crippen LogP contribution in [0.15, 0.2) is 48.6 Å². The molecule has 6 heteroatoms. The summed E-state index contributed by atoms with van der Waals surface area (Å²) in [5.74, 6) is -0.882. The minimum Gasteiger partial charge on any atom is -0.462 e. The van der Waals surface area contributed by atoms with Gasteiger partial charge in [-0.05, 0) is 103 Å². The molecule has 0 aliphatic carbocycles. The lowest BCUT2D eigenvalue weighted by Crippen LogP contribution is -2.30. The number of esters is 3. The Balaban J connectivity index is 4.32. The van der Waals surface area contributed by atoms with Crippen LogP contribution in [0.1, 0.15) is 310 Å². The highest BCUT2D eigenvalue weighted by molar-refractivity contribution is 5.71. The summed E-state index contributed by atoms with van der Waals surface area (Å²) in [6.45, 7) is 6.62. The highest BCUT2D eigenvalue weighted by Gasteiger charge is 2.19. The first kappa shape index (κ1) is 65.4. The quantitative estimate of drug-likeness (QED) is 0.0262. The molecular formula is C62H112O6. The molecule has 1 unspecified atom stereocenters. The van der Waals surface area contributed by atoms with Crippen molar-refractivity contribution in [1.29, 1.82) is 0 Å². The Kier molecular flexibility index (Phi) is 54.8. The summed E-state index contributed by atoms with van der Waals surface area (Å²) in [4.78, 5) is 38.1. The number of rotatable bonds is 54. The predicted molar refractivity (Wildman–Crippen MR) is 293 cm³/mol. The third kappa shape index (κ3) is 54.3. The van der Waals surface area contributed by atoms with Crippen molar-refractivity contribution in [3.63, 3.8) is 0 Å². The Morgan fingerprint density at radius 2 is 0.529 bits per heavy atom. The highest BCUT2D eigenvalue weighted by atomic mass is 16.6. The summed E-state index contributed by atoms with van der Waals surface area (Å²) in [6, 6.07) is 0. The van der Waals surface area contributed by atoms with Crippen molar-refractivity contribution in [2.75, 3.05) is 13.2 Å². The van der Waals surface area contributed by atoms with Crippen LogP contribution in [0.2, 0.25) is 0 Å². The summed E-state index contributed by atoms with van der Waals surface area (Å²) in [5.41, 5.74) is 0. The zero-order valence-electron chi connectivity index (χ0n) is 45.4. The van der Waals surface area contributed by atoms with Gasteiger partial charge in [-0.2, -0.15) is 0 Å². The van der Waals surface area contributed by atoms with Crippen molar-refractivity contribution >= 4 is 17.9 Å². The van der Waals surface area contributed by atoms with Crippen LogP contribution in [-0.2, 0) is 28.6 Å². The molecular weight excluding hydrogens is 841 g/mol. The number of hydrogen-bond acceptors (Lipinski definition) is 6. The maximum Gasteiger partial charge on any atom is 0.306 e.